The third-order valence-corrected chi connectivity index (χ3v) is 5.69. The molecule has 2 saturated heterocycles. The van der Waals surface area contributed by atoms with Gasteiger partial charge < -0.3 is 24.8 Å². The topological polar surface area (TPSA) is 69.7 Å². The molecule has 0 unspecified atom stereocenters. The van der Waals surface area contributed by atoms with Crippen molar-refractivity contribution in [2.45, 2.75) is 0 Å². The van der Waals surface area contributed by atoms with E-state index >= 15 is 0 Å². The van der Waals surface area contributed by atoms with Crippen molar-refractivity contribution >= 4 is 29.0 Å². The van der Waals surface area contributed by atoms with Crippen molar-refractivity contribution in [1.29, 1.82) is 0 Å². The quantitative estimate of drug-likeness (QED) is 0.680. The number of piperazine rings is 1. The van der Waals surface area contributed by atoms with Crippen LogP contribution in [0.1, 0.15) is 0 Å². The second-order valence-electron chi connectivity index (χ2n) is 7.68. The van der Waals surface area contributed by atoms with Crippen LogP contribution in [0.4, 0.5) is 29.0 Å². The molecule has 2 aliphatic heterocycles. The number of nitrogens with zero attached hydrogens (tertiary/aromatic N) is 6. The molecule has 0 amide bonds. The highest BCUT2D eigenvalue weighted by Gasteiger charge is 2.20. The van der Waals surface area contributed by atoms with E-state index in [0.717, 1.165) is 75.8 Å². The molecule has 0 bridgehead atoms. The molecule has 160 valence electrons. The van der Waals surface area contributed by atoms with Gasteiger partial charge in [-0.05, 0) is 42.5 Å². The van der Waals surface area contributed by atoms with Gasteiger partial charge in [-0.25, -0.2) is 9.97 Å². The number of morpholine rings is 1. The van der Waals surface area contributed by atoms with Gasteiger partial charge in [-0.1, -0.05) is 6.07 Å². The van der Waals surface area contributed by atoms with Crippen molar-refractivity contribution in [3.05, 3.63) is 60.9 Å². The lowest BCUT2D eigenvalue weighted by Gasteiger charge is -2.35. The van der Waals surface area contributed by atoms with Gasteiger partial charge in [0.25, 0.3) is 0 Å². The monoisotopic (exact) mass is 417 g/mol. The summed E-state index contributed by atoms with van der Waals surface area (Å²) >= 11 is 0. The smallest absolute Gasteiger partial charge is 0.227 e. The van der Waals surface area contributed by atoms with E-state index < -0.39 is 0 Å². The van der Waals surface area contributed by atoms with Crippen LogP contribution >= 0.6 is 0 Å². The predicted octanol–water partition coefficient (Wildman–Crippen LogP) is 2.78. The second kappa shape index (κ2) is 9.18. The Labute approximate surface area is 182 Å². The number of pyridine rings is 1. The highest BCUT2D eigenvalue weighted by atomic mass is 16.5. The molecule has 5 rings (SSSR count). The zero-order valence-corrected chi connectivity index (χ0v) is 17.5. The molecule has 2 fully saturated rings. The first-order valence-corrected chi connectivity index (χ1v) is 10.8. The van der Waals surface area contributed by atoms with Crippen LogP contribution in [0.3, 0.4) is 0 Å². The SMILES string of the molecule is c1ccc(N2CCN(c3nccc(Nc4ccc(N5CCOCC5)cc4)n3)CC2)nc1. The Morgan fingerprint density at radius 2 is 1.48 bits per heavy atom. The van der Waals surface area contributed by atoms with E-state index in [1.54, 1.807) is 0 Å². The Bertz CT molecular complexity index is 969. The Kier molecular flexibility index (Phi) is 5.79. The van der Waals surface area contributed by atoms with Crippen LogP contribution in [0.2, 0.25) is 0 Å². The van der Waals surface area contributed by atoms with Crippen LogP contribution < -0.4 is 20.0 Å². The van der Waals surface area contributed by atoms with Gasteiger partial charge in [0.05, 0.1) is 13.2 Å². The Hall–Kier alpha value is -3.39. The summed E-state index contributed by atoms with van der Waals surface area (Å²) in [7, 11) is 0. The molecule has 0 saturated carbocycles. The number of ether oxygens (including phenoxy) is 1. The molecule has 8 nitrogen and oxygen atoms in total. The summed E-state index contributed by atoms with van der Waals surface area (Å²) in [6.07, 6.45) is 3.66. The van der Waals surface area contributed by atoms with Gasteiger partial charge in [-0.3, -0.25) is 0 Å². The standard InChI is InChI=1S/C23H27N7O/c1-2-9-24-22(3-1)29-11-13-30(14-12-29)23-25-10-8-21(27-23)26-19-4-6-20(7-5-19)28-15-17-31-18-16-28/h1-10H,11-18H2,(H,25,26,27). The van der Waals surface area contributed by atoms with Crippen LogP contribution in [0.5, 0.6) is 0 Å². The molecule has 2 aromatic heterocycles. The van der Waals surface area contributed by atoms with Crippen LogP contribution in [-0.2, 0) is 4.74 Å². The number of aromatic nitrogens is 3. The number of nitrogens with one attached hydrogen (secondary N) is 1. The second-order valence-corrected chi connectivity index (χ2v) is 7.68. The Balaban J connectivity index is 1.20. The van der Waals surface area contributed by atoms with E-state index in [1.807, 2.05) is 30.6 Å². The number of benzene rings is 1. The van der Waals surface area contributed by atoms with Crippen molar-refractivity contribution in [2.24, 2.45) is 0 Å². The van der Waals surface area contributed by atoms with E-state index in [4.69, 9.17) is 9.72 Å². The highest BCUT2D eigenvalue weighted by molar-refractivity contribution is 5.61. The van der Waals surface area contributed by atoms with Crippen molar-refractivity contribution in [1.82, 2.24) is 15.0 Å². The lowest BCUT2D eigenvalue weighted by Crippen LogP contribution is -2.47. The van der Waals surface area contributed by atoms with E-state index in [0.29, 0.717) is 0 Å². The molecule has 0 aliphatic carbocycles. The van der Waals surface area contributed by atoms with Gasteiger partial charge in [0.15, 0.2) is 0 Å². The average molecular weight is 418 g/mol. The van der Waals surface area contributed by atoms with E-state index in [9.17, 15) is 0 Å². The predicted molar refractivity (Wildman–Crippen MR) is 123 cm³/mol. The van der Waals surface area contributed by atoms with E-state index in [-0.39, 0.29) is 0 Å². The summed E-state index contributed by atoms with van der Waals surface area (Å²) < 4.78 is 5.44. The lowest BCUT2D eigenvalue weighted by molar-refractivity contribution is 0.122. The number of rotatable bonds is 5. The first kappa shape index (κ1) is 19.6. The molecule has 0 atom stereocenters. The molecule has 2 aliphatic rings. The fourth-order valence-electron chi connectivity index (χ4n) is 3.97. The molecule has 3 aromatic rings. The third-order valence-electron chi connectivity index (χ3n) is 5.69. The zero-order chi connectivity index (χ0) is 20.9. The van der Waals surface area contributed by atoms with Gasteiger partial charge in [0.2, 0.25) is 5.95 Å². The molecule has 31 heavy (non-hydrogen) atoms. The summed E-state index contributed by atoms with van der Waals surface area (Å²) in [5, 5.41) is 3.41. The fourth-order valence-corrected chi connectivity index (χ4v) is 3.97. The summed E-state index contributed by atoms with van der Waals surface area (Å²) in [4.78, 5) is 20.6. The van der Waals surface area contributed by atoms with Crippen molar-refractivity contribution in [3.63, 3.8) is 0 Å². The summed E-state index contributed by atoms with van der Waals surface area (Å²) in [5.41, 5.74) is 2.24. The van der Waals surface area contributed by atoms with Gasteiger partial charge in [-0.15, -0.1) is 0 Å². The Morgan fingerprint density at radius 3 is 2.23 bits per heavy atom. The molecular weight excluding hydrogens is 390 g/mol. The maximum absolute atomic E-state index is 5.44. The van der Waals surface area contributed by atoms with Crippen LogP contribution in [0, 0.1) is 0 Å². The fraction of sp³-hybridized carbons (Fsp3) is 0.348. The summed E-state index contributed by atoms with van der Waals surface area (Å²) in [6.45, 7) is 7.01. The van der Waals surface area contributed by atoms with Crippen LogP contribution in [0.25, 0.3) is 0 Å². The molecule has 0 radical (unpaired) electrons. The van der Waals surface area contributed by atoms with Crippen molar-refractivity contribution in [3.8, 4) is 0 Å². The molecule has 4 heterocycles. The number of hydrogen-bond acceptors (Lipinski definition) is 8. The van der Waals surface area contributed by atoms with Gasteiger partial charge in [-0.2, -0.15) is 4.98 Å². The zero-order valence-electron chi connectivity index (χ0n) is 17.5. The van der Waals surface area contributed by atoms with Crippen molar-refractivity contribution < 1.29 is 4.74 Å². The maximum atomic E-state index is 5.44. The Morgan fingerprint density at radius 1 is 0.710 bits per heavy atom. The largest absolute Gasteiger partial charge is 0.378 e. The first-order chi connectivity index (χ1) is 15.3. The molecule has 1 aromatic carbocycles. The summed E-state index contributed by atoms with van der Waals surface area (Å²) in [6, 6.07) is 16.4. The normalized spacial score (nSPS) is 17.0. The van der Waals surface area contributed by atoms with E-state index in [2.05, 4.69) is 60.3 Å². The first-order valence-electron chi connectivity index (χ1n) is 10.8. The van der Waals surface area contributed by atoms with Gasteiger partial charge in [0, 0.05) is 63.0 Å². The average Bonchev–Trinajstić information content (AvgIpc) is 2.86. The number of anilines is 5. The summed E-state index contributed by atoms with van der Waals surface area (Å²) in [5.74, 6) is 2.59. The number of hydrogen-bond donors (Lipinski definition) is 1. The van der Waals surface area contributed by atoms with E-state index in [1.165, 1.54) is 5.69 Å². The van der Waals surface area contributed by atoms with Gasteiger partial charge in [0.1, 0.15) is 11.6 Å². The molecule has 0 spiro atoms. The minimum absolute atomic E-state index is 0.760. The van der Waals surface area contributed by atoms with Crippen LogP contribution in [0.15, 0.2) is 60.9 Å². The minimum atomic E-state index is 0.760. The lowest BCUT2D eigenvalue weighted by atomic mass is 10.2. The van der Waals surface area contributed by atoms with Gasteiger partial charge >= 0.3 is 0 Å². The highest BCUT2D eigenvalue weighted by Crippen LogP contribution is 2.22. The van der Waals surface area contributed by atoms with Crippen LogP contribution in [-0.4, -0.2) is 67.4 Å². The molecule has 8 heteroatoms. The molecule has 1 N–H and O–H groups in total. The minimum Gasteiger partial charge on any atom is -0.378 e. The molecular formula is C23H27N7O. The third kappa shape index (κ3) is 4.69. The van der Waals surface area contributed by atoms with Crippen molar-refractivity contribution in [2.75, 3.05) is 72.5 Å². The maximum Gasteiger partial charge on any atom is 0.227 e.